The highest BCUT2D eigenvalue weighted by Crippen LogP contribution is 2.29. The molecule has 0 saturated heterocycles. The standard InChI is InChI=1S/C6H4BrN3O/c7-4-1-2-5(9-10-8)6(11)3-4/h1-3,11H. The van der Waals surface area contributed by atoms with Crippen molar-refractivity contribution in [3.8, 4) is 5.75 Å². The zero-order valence-corrected chi connectivity index (χ0v) is 6.98. The van der Waals surface area contributed by atoms with E-state index in [1.165, 1.54) is 12.1 Å². The molecule has 0 fully saturated rings. The molecule has 0 bridgehead atoms. The molecule has 1 rings (SSSR count). The smallest absolute Gasteiger partial charge is 0.126 e. The van der Waals surface area contributed by atoms with Gasteiger partial charge in [-0.1, -0.05) is 21.0 Å². The molecule has 0 aliphatic heterocycles. The number of nitrogens with zero attached hydrogens (tertiary/aromatic N) is 3. The lowest BCUT2D eigenvalue weighted by Crippen LogP contribution is -1.66. The van der Waals surface area contributed by atoms with Gasteiger partial charge in [-0.2, -0.15) is 0 Å². The van der Waals surface area contributed by atoms with Crippen molar-refractivity contribution in [3.05, 3.63) is 33.1 Å². The maximum Gasteiger partial charge on any atom is 0.126 e. The molecule has 1 aromatic carbocycles. The van der Waals surface area contributed by atoms with Crippen LogP contribution in [0.2, 0.25) is 0 Å². The van der Waals surface area contributed by atoms with Gasteiger partial charge in [-0.05, 0) is 23.7 Å². The minimum atomic E-state index is -0.0304. The molecule has 4 nitrogen and oxygen atoms in total. The van der Waals surface area contributed by atoms with E-state index < -0.39 is 0 Å². The molecule has 0 amide bonds. The van der Waals surface area contributed by atoms with Gasteiger partial charge in [-0.3, -0.25) is 0 Å². The molecule has 1 N–H and O–H groups in total. The van der Waals surface area contributed by atoms with E-state index in [0.29, 0.717) is 0 Å². The van der Waals surface area contributed by atoms with E-state index in [1.54, 1.807) is 6.07 Å². The summed E-state index contributed by atoms with van der Waals surface area (Å²) in [4.78, 5) is 2.55. The van der Waals surface area contributed by atoms with Crippen LogP contribution in [0.5, 0.6) is 5.75 Å². The first-order valence-electron chi connectivity index (χ1n) is 2.77. The van der Waals surface area contributed by atoms with E-state index in [4.69, 9.17) is 10.6 Å². The first-order chi connectivity index (χ1) is 5.24. The van der Waals surface area contributed by atoms with Gasteiger partial charge >= 0.3 is 0 Å². The summed E-state index contributed by atoms with van der Waals surface area (Å²) in [5, 5.41) is 12.4. The molecule has 0 aromatic heterocycles. The van der Waals surface area contributed by atoms with Crippen molar-refractivity contribution in [2.45, 2.75) is 0 Å². The first-order valence-corrected chi connectivity index (χ1v) is 3.57. The highest BCUT2D eigenvalue weighted by molar-refractivity contribution is 9.10. The van der Waals surface area contributed by atoms with E-state index in [1.807, 2.05) is 0 Å². The number of aromatic hydroxyl groups is 1. The van der Waals surface area contributed by atoms with Crippen LogP contribution in [-0.4, -0.2) is 5.11 Å². The van der Waals surface area contributed by atoms with Crippen molar-refractivity contribution < 1.29 is 5.11 Å². The second-order valence-corrected chi connectivity index (χ2v) is 2.74. The lowest BCUT2D eigenvalue weighted by Gasteiger charge is -1.96. The van der Waals surface area contributed by atoms with Crippen molar-refractivity contribution >= 4 is 21.6 Å². The van der Waals surface area contributed by atoms with Crippen molar-refractivity contribution in [2.75, 3.05) is 0 Å². The highest BCUT2D eigenvalue weighted by Gasteiger charge is 1.97. The van der Waals surface area contributed by atoms with Crippen LogP contribution in [0.3, 0.4) is 0 Å². The van der Waals surface area contributed by atoms with Gasteiger partial charge in [0.2, 0.25) is 0 Å². The van der Waals surface area contributed by atoms with Crippen LogP contribution in [0.15, 0.2) is 27.8 Å². The van der Waals surface area contributed by atoms with Gasteiger partial charge in [-0.25, -0.2) is 0 Å². The van der Waals surface area contributed by atoms with Gasteiger partial charge in [0.1, 0.15) is 5.75 Å². The Morgan fingerprint density at radius 3 is 2.82 bits per heavy atom. The van der Waals surface area contributed by atoms with Gasteiger partial charge in [0, 0.05) is 9.38 Å². The summed E-state index contributed by atoms with van der Waals surface area (Å²) in [5.41, 5.74) is 8.28. The monoisotopic (exact) mass is 213 g/mol. The Morgan fingerprint density at radius 1 is 1.55 bits per heavy atom. The molecule has 0 aliphatic rings. The normalized spacial score (nSPS) is 8.82. The predicted molar refractivity (Wildman–Crippen MR) is 44.6 cm³/mol. The fraction of sp³-hybridized carbons (Fsp3) is 0. The molecular weight excluding hydrogens is 210 g/mol. The topological polar surface area (TPSA) is 69.0 Å². The molecule has 1 aromatic rings. The quantitative estimate of drug-likeness (QED) is 0.435. The summed E-state index contributed by atoms with van der Waals surface area (Å²) in [6.45, 7) is 0. The second-order valence-electron chi connectivity index (χ2n) is 1.82. The zero-order valence-electron chi connectivity index (χ0n) is 5.40. The summed E-state index contributed by atoms with van der Waals surface area (Å²) in [7, 11) is 0. The Labute approximate surface area is 71.2 Å². The second kappa shape index (κ2) is 3.27. The largest absolute Gasteiger partial charge is 0.507 e. The molecule has 56 valence electrons. The third-order valence-electron chi connectivity index (χ3n) is 1.09. The van der Waals surface area contributed by atoms with E-state index in [9.17, 15) is 0 Å². The number of azide groups is 1. The number of phenolic OH excluding ortho intramolecular Hbond substituents is 1. The minimum absolute atomic E-state index is 0.0304. The minimum Gasteiger partial charge on any atom is -0.507 e. The van der Waals surface area contributed by atoms with Gasteiger partial charge in [0.25, 0.3) is 0 Å². The summed E-state index contributed by atoms with van der Waals surface area (Å²) >= 11 is 3.15. The predicted octanol–water partition coefficient (Wildman–Crippen LogP) is 3.10. The van der Waals surface area contributed by atoms with Crippen LogP contribution >= 0.6 is 15.9 Å². The average molecular weight is 214 g/mol. The Kier molecular flexibility index (Phi) is 2.36. The maximum absolute atomic E-state index is 9.13. The van der Waals surface area contributed by atoms with Crippen LogP contribution in [0, 0.1) is 0 Å². The van der Waals surface area contributed by atoms with Crippen LogP contribution in [0.1, 0.15) is 0 Å². The molecule has 0 radical (unpaired) electrons. The van der Waals surface area contributed by atoms with E-state index in [0.717, 1.165) is 4.47 Å². The first kappa shape index (κ1) is 7.91. The Hall–Kier alpha value is -1.19. The number of benzene rings is 1. The van der Waals surface area contributed by atoms with Gasteiger partial charge in [-0.15, -0.1) is 0 Å². The summed E-state index contributed by atoms with van der Waals surface area (Å²) in [5.74, 6) is -0.0304. The fourth-order valence-electron chi connectivity index (χ4n) is 0.629. The molecule has 0 saturated carbocycles. The average Bonchev–Trinajstić information content (AvgIpc) is 1.95. The van der Waals surface area contributed by atoms with E-state index in [2.05, 4.69) is 26.0 Å². The molecule has 0 unspecified atom stereocenters. The molecular formula is C6H4BrN3O. The van der Waals surface area contributed by atoms with Crippen molar-refractivity contribution in [3.63, 3.8) is 0 Å². The summed E-state index contributed by atoms with van der Waals surface area (Å²) in [6.07, 6.45) is 0. The van der Waals surface area contributed by atoms with Crippen molar-refractivity contribution in [1.29, 1.82) is 0 Å². The highest BCUT2D eigenvalue weighted by atomic mass is 79.9. The van der Waals surface area contributed by atoms with E-state index >= 15 is 0 Å². The van der Waals surface area contributed by atoms with Gasteiger partial charge in [0.15, 0.2) is 0 Å². The molecule has 0 aliphatic carbocycles. The SMILES string of the molecule is [N-]=[N+]=Nc1ccc(Br)cc1O. The Morgan fingerprint density at radius 2 is 2.27 bits per heavy atom. The van der Waals surface area contributed by atoms with Crippen LogP contribution in [0.4, 0.5) is 5.69 Å². The number of rotatable bonds is 1. The molecule has 0 atom stereocenters. The summed E-state index contributed by atoms with van der Waals surface area (Å²) < 4.78 is 0.742. The molecule has 11 heavy (non-hydrogen) atoms. The maximum atomic E-state index is 9.13. The number of phenols is 1. The van der Waals surface area contributed by atoms with Crippen LogP contribution in [0.25, 0.3) is 10.4 Å². The number of hydrogen-bond acceptors (Lipinski definition) is 2. The van der Waals surface area contributed by atoms with Crippen LogP contribution in [-0.2, 0) is 0 Å². The zero-order chi connectivity index (χ0) is 8.27. The van der Waals surface area contributed by atoms with Gasteiger partial charge in [0.05, 0.1) is 5.69 Å². The molecule has 0 spiro atoms. The molecule has 5 heteroatoms. The lowest BCUT2D eigenvalue weighted by atomic mass is 10.3. The van der Waals surface area contributed by atoms with Gasteiger partial charge < -0.3 is 5.11 Å². The summed E-state index contributed by atoms with van der Waals surface area (Å²) in [6, 6.07) is 4.67. The van der Waals surface area contributed by atoms with Crippen LogP contribution < -0.4 is 0 Å². The number of halogens is 1. The molecule has 0 heterocycles. The Bertz CT molecular complexity index is 320. The fourth-order valence-corrected chi connectivity index (χ4v) is 0.978. The lowest BCUT2D eigenvalue weighted by molar-refractivity contribution is 0.476. The Balaban J connectivity index is 3.19. The number of hydrogen-bond donors (Lipinski definition) is 1. The third kappa shape index (κ3) is 1.86. The van der Waals surface area contributed by atoms with Crippen molar-refractivity contribution in [2.24, 2.45) is 5.11 Å². The van der Waals surface area contributed by atoms with E-state index in [-0.39, 0.29) is 11.4 Å². The van der Waals surface area contributed by atoms with Crippen molar-refractivity contribution in [1.82, 2.24) is 0 Å². The third-order valence-corrected chi connectivity index (χ3v) is 1.58.